The molecular formula is C16H10N2O. The van der Waals surface area contributed by atoms with Crippen LogP contribution in [0.15, 0.2) is 54.7 Å². The molecule has 0 fully saturated rings. The average Bonchev–Trinajstić information content (AvgIpc) is 2.90. The first-order valence-corrected chi connectivity index (χ1v) is 5.90. The van der Waals surface area contributed by atoms with Gasteiger partial charge in [-0.1, -0.05) is 18.2 Å². The van der Waals surface area contributed by atoms with E-state index in [0.717, 1.165) is 10.9 Å². The van der Waals surface area contributed by atoms with Crippen LogP contribution in [0.1, 0.15) is 21.5 Å². The molecule has 0 amide bonds. The topological polar surface area (TPSA) is 56.6 Å². The molecule has 0 bridgehead atoms. The van der Waals surface area contributed by atoms with Crippen molar-refractivity contribution in [3.05, 3.63) is 71.4 Å². The molecule has 0 saturated heterocycles. The van der Waals surface area contributed by atoms with Gasteiger partial charge in [-0.05, 0) is 30.3 Å². The summed E-state index contributed by atoms with van der Waals surface area (Å²) in [5.74, 6) is -0.0399. The molecule has 3 nitrogen and oxygen atoms in total. The van der Waals surface area contributed by atoms with Crippen LogP contribution in [0.5, 0.6) is 0 Å². The lowest BCUT2D eigenvalue weighted by molar-refractivity contribution is 0.104. The molecule has 1 aromatic heterocycles. The standard InChI is InChI=1S/C16H10N2O/c17-9-11-5-7-12(8-6-11)16(19)14-10-18-15-4-2-1-3-13(14)15/h1-8,10,18H. The highest BCUT2D eigenvalue weighted by molar-refractivity contribution is 6.16. The van der Waals surface area contributed by atoms with Gasteiger partial charge < -0.3 is 4.98 Å². The number of nitrogens with one attached hydrogen (secondary N) is 1. The van der Waals surface area contributed by atoms with Gasteiger partial charge in [0.1, 0.15) is 0 Å². The fraction of sp³-hybridized carbons (Fsp3) is 0. The van der Waals surface area contributed by atoms with Crippen LogP contribution in [0.3, 0.4) is 0 Å². The van der Waals surface area contributed by atoms with Crippen LogP contribution in [0.25, 0.3) is 10.9 Å². The molecular weight excluding hydrogens is 236 g/mol. The Labute approximate surface area is 110 Å². The molecule has 0 unspecified atom stereocenters. The number of ketones is 1. The Morgan fingerprint density at radius 1 is 1.05 bits per heavy atom. The number of hydrogen-bond acceptors (Lipinski definition) is 2. The summed E-state index contributed by atoms with van der Waals surface area (Å²) in [5.41, 5.74) is 2.74. The highest BCUT2D eigenvalue weighted by Crippen LogP contribution is 2.21. The molecule has 0 spiro atoms. The van der Waals surface area contributed by atoms with Crippen molar-refractivity contribution in [3.8, 4) is 6.07 Å². The van der Waals surface area contributed by atoms with Crippen molar-refractivity contribution in [3.63, 3.8) is 0 Å². The Balaban J connectivity index is 2.06. The van der Waals surface area contributed by atoms with E-state index >= 15 is 0 Å². The zero-order valence-corrected chi connectivity index (χ0v) is 10.1. The van der Waals surface area contributed by atoms with E-state index in [2.05, 4.69) is 4.98 Å². The second kappa shape index (κ2) is 4.43. The number of nitriles is 1. The fourth-order valence-electron chi connectivity index (χ4n) is 2.11. The smallest absolute Gasteiger partial charge is 0.195 e. The van der Waals surface area contributed by atoms with Gasteiger partial charge in [0.25, 0.3) is 0 Å². The maximum atomic E-state index is 12.4. The van der Waals surface area contributed by atoms with Crippen LogP contribution in [0, 0.1) is 11.3 Å². The Kier molecular flexibility index (Phi) is 2.62. The number of hydrogen-bond donors (Lipinski definition) is 1. The van der Waals surface area contributed by atoms with Crippen LogP contribution in [-0.4, -0.2) is 10.8 Å². The number of carbonyl (C=O) groups is 1. The Morgan fingerprint density at radius 3 is 2.53 bits per heavy atom. The highest BCUT2D eigenvalue weighted by atomic mass is 16.1. The summed E-state index contributed by atoms with van der Waals surface area (Å²) in [5, 5.41) is 9.67. The number of benzene rings is 2. The number of fused-ring (bicyclic) bond motifs is 1. The molecule has 3 rings (SSSR count). The Bertz CT molecular complexity index is 791. The van der Waals surface area contributed by atoms with Crippen molar-refractivity contribution in [1.29, 1.82) is 5.26 Å². The monoisotopic (exact) mass is 246 g/mol. The molecule has 1 heterocycles. The molecule has 0 aliphatic heterocycles. The first kappa shape index (κ1) is 11.2. The van der Waals surface area contributed by atoms with E-state index in [1.165, 1.54) is 0 Å². The van der Waals surface area contributed by atoms with Crippen molar-refractivity contribution >= 4 is 16.7 Å². The predicted molar refractivity (Wildman–Crippen MR) is 72.9 cm³/mol. The van der Waals surface area contributed by atoms with Gasteiger partial charge in [-0.15, -0.1) is 0 Å². The van der Waals surface area contributed by atoms with E-state index < -0.39 is 0 Å². The maximum Gasteiger partial charge on any atom is 0.195 e. The molecule has 19 heavy (non-hydrogen) atoms. The minimum absolute atomic E-state index is 0.0399. The molecule has 0 radical (unpaired) electrons. The van der Waals surface area contributed by atoms with E-state index in [1.807, 2.05) is 30.3 Å². The molecule has 0 atom stereocenters. The van der Waals surface area contributed by atoms with E-state index in [9.17, 15) is 4.79 Å². The number of nitrogens with zero attached hydrogens (tertiary/aromatic N) is 1. The summed E-state index contributed by atoms with van der Waals surface area (Å²) in [6.45, 7) is 0. The second-order valence-electron chi connectivity index (χ2n) is 4.27. The van der Waals surface area contributed by atoms with Gasteiger partial charge in [0.2, 0.25) is 0 Å². The zero-order chi connectivity index (χ0) is 13.2. The van der Waals surface area contributed by atoms with Crippen LogP contribution >= 0.6 is 0 Å². The van der Waals surface area contributed by atoms with Crippen molar-refractivity contribution < 1.29 is 4.79 Å². The lowest BCUT2D eigenvalue weighted by atomic mass is 10.0. The molecule has 90 valence electrons. The quantitative estimate of drug-likeness (QED) is 0.705. The van der Waals surface area contributed by atoms with E-state index in [0.29, 0.717) is 16.7 Å². The largest absolute Gasteiger partial charge is 0.360 e. The number of aromatic amines is 1. The Hall–Kier alpha value is -2.86. The maximum absolute atomic E-state index is 12.4. The van der Waals surface area contributed by atoms with Crippen molar-refractivity contribution in [1.82, 2.24) is 4.98 Å². The van der Waals surface area contributed by atoms with E-state index in [4.69, 9.17) is 5.26 Å². The molecule has 0 aliphatic carbocycles. The van der Waals surface area contributed by atoms with Gasteiger partial charge in [-0.3, -0.25) is 4.79 Å². The predicted octanol–water partition coefficient (Wildman–Crippen LogP) is 3.27. The van der Waals surface area contributed by atoms with Crippen LogP contribution in [-0.2, 0) is 0 Å². The van der Waals surface area contributed by atoms with Crippen molar-refractivity contribution in [2.75, 3.05) is 0 Å². The second-order valence-corrected chi connectivity index (χ2v) is 4.27. The number of rotatable bonds is 2. The van der Waals surface area contributed by atoms with Gasteiger partial charge in [-0.25, -0.2) is 0 Å². The first-order chi connectivity index (χ1) is 9.29. The van der Waals surface area contributed by atoms with Crippen LogP contribution in [0.4, 0.5) is 0 Å². The number of aromatic nitrogens is 1. The van der Waals surface area contributed by atoms with Gasteiger partial charge in [0.15, 0.2) is 5.78 Å². The molecule has 0 aliphatic rings. The normalized spacial score (nSPS) is 10.3. The van der Waals surface area contributed by atoms with Crippen LogP contribution < -0.4 is 0 Å². The summed E-state index contributed by atoms with van der Waals surface area (Å²) >= 11 is 0. The van der Waals surface area contributed by atoms with E-state index in [1.54, 1.807) is 30.5 Å². The Morgan fingerprint density at radius 2 is 1.79 bits per heavy atom. The number of H-pyrrole nitrogens is 1. The number of carbonyl (C=O) groups excluding carboxylic acids is 1. The third kappa shape index (κ3) is 1.90. The third-order valence-corrected chi connectivity index (χ3v) is 3.11. The first-order valence-electron chi connectivity index (χ1n) is 5.90. The average molecular weight is 246 g/mol. The molecule has 0 saturated carbocycles. The van der Waals surface area contributed by atoms with Gasteiger partial charge in [0, 0.05) is 28.2 Å². The van der Waals surface area contributed by atoms with Crippen LogP contribution in [0.2, 0.25) is 0 Å². The summed E-state index contributed by atoms with van der Waals surface area (Å²) in [6, 6.07) is 16.4. The SMILES string of the molecule is N#Cc1ccc(C(=O)c2c[nH]c3ccccc23)cc1. The lowest BCUT2D eigenvalue weighted by Gasteiger charge is -1.99. The minimum Gasteiger partial charge on any atom is -0.360 e. The fourth-order valence-corrected chi connectivity index (χ4v) is 2.11. The van der Waals surface area contributed by atoms with Crippen molar-refractivity contribution in [2.45, 2.75) is 0 Å². The lowest BCUT2D eigenvalue weighted by Crippen LogP contribution is -2.00. The molecule has 3 heteroatoms. The number of para-hydroxylation sites is 1. The molecule has 1 N–H and O–H groups in total. The van der Waals surface area contributed by atoms with Crippen molar-refractivity contribution in [2.24, 2.45) is 0 Å². The van der Waals surface area contributed by atoms with Gasteiger partial charge >= 0.3 is 0 Å². The summed E-state index contributed by atoms with van der Waals surface area (Å²) in [7, 11) is 0. The summed E-state index contributed by atoms with van der Waals surface area (Å²) in [4.78, 5) is 15.5. The molecule has 2 aromatic carbocycles. The third-order valence-electron chi connectivity index (χ3n) is 3.11. The summed E-state index contributed by atoms with van der Waals surface area (Å²) < 4.78 is 0. The van der Waals surface area contributed by atoms with E-state index in [-0.39, 0.29) is 5.78 Å². The summed E-state index contributed by atoms with van der Waals surface area (Å²) in [6.07, 6.45) is 1.73. The zero-order valence-electron chi connectivity index (χ0n) is 10.1. The molecule has 3 aromatic rings. The van der Waals surface area contributed by atoms with Gasteiger partial charge in [-0.2, -0.15) is 5.26 Å². The highest BCUT2D eigenvalue weighted by Gasteiger charge is 2.13. The van der Waals surface area contributed by atoms with Gasteiger partial charge in [0.05, 0.1) is 11.6 Å². The minimum atomic E-state index is -0.0399.